The molecule has 0 saturated heterocycles. The van der Waals surface area contributed by atoms with Crippen molar-refractivity contribution in [1.29, 1.82) is 0 Å². The first-order chi connectivity index (χ1) is 8.99. The fourth-order valence-electron chi connectivity index (χ4n) is 2.02. The average molecular weight is 296 g/mol. The maximum Gasteiger partial charge on any atom is 0.125 e. The second-order valence-corrected chi connectivity index (χ2v) is 5.27. The highest BCUT2D eigenvalue weighted by Crippen LogP contribution is 2.29. The number of nitrogens with two attached hydrogens (primary N) is 1. The average Bonchev–Trinajstić information content (AvgIpc) is 2.33. The summed E-state index contributed by atoms with van der Waals surface area (Å²) in [4.78, 5) is 0. The summed E-state index contributed by atoms with van der Waals surface area (Å²) in [5.74, 6) is 0.838. The van der Waals surface area contributed by atoms with Gasteiger partial charge in [-0.25, -0.2) is 0 Å². The van der Waals surface area contributed by atoms with Crippen molar-refractivity contribution >= 4 is 28.9 Å². The molecule has 19 heavy (non-hydrogen) atoms. The maximum atomic E-state index is 6.13. The zero-order chi connectivity index (χ0) is 14.0. The minimum absolute atomic E-state index is 0.380. The van der Waals surface area contributed by atoms with Crippen molar-refractivity contribution in [3.63, 3.8) is 0 Å². The highest BCUT2D eigenvalue weighted by molar-refractivity contribution is 6.42. The summed E-state index contributed by atoms with van der Waals surface area (Å²) in [7, 11) is 0. The van der Waals surface area contributed by atoms with Gasteiger partial charge >= 0.3 is 0 Å². The highest BCUT2D eigenvalue weighted by Gasteiger charge is 2.08. The molecule has 100 valence electrons. The second-order valence-electron chi connectivity index (χ2n) is 4.49. The van der Waals surface area contributed by atoms with E-state index in [2.05, 4.69) is 0 Å². The van der Waals surface area contributed by atoms with E-state index >= 15 is 0 Å². The molecule has 4 heteroatoms. The van der Waals surface area contributed by atoms with Gasteiger partial charge in [-0.1, -0.05) is 35.3 Å². The fraction of sp³-hybridized carbons (Fsp3) is 0.200. The topological polar surface area (TPSA) is 35.2 Å². The Balaban J connectivity index is 2.22. The van der Waals surface area contributed by atoms with Crippen LogP contribution < -0.4 is 10.5 Å². The molecule has 0 aromatic heterocycles. The van der Waals surface area contributed by atoms with Gasteiger partial charge < -0.3 is 10.5 Å². The van der Waals surface area contributed by atoms with E-state index < -0.39 is 0 Å². The number of nitrogen functional groups attached to an aromatic ring is 1. The molecular weight excluding hydrogens is 281 g/mol. The van der Waals surface area contributed by atoms with Crippen LogP contribution in [0, 0.1) is 13.8 Å². The van der Waals surface area contributed by atoms with Crippen LogP contribution in [0.5, 0.6) is 5.75 Å². The molecule has 0 spiro atoms. The third-order valence-electron chi connectivity index (χ3n) is 2.89. The van der Waals surface area contributed by atoms with Gasteiger partial charge in [0, 0.05) is 11.3 Å². The summed E-state index contributed by atoms with van der Waals surface area (Å²) in [6, 6.07) is 9.29. The number of hydrogen-bond donors (Lipinski definition) is 1. The van der Waals surface area contributed by atoms with Gasteiger partial charge in [0.25, 0.3) is 0 Å². The SMILES string of the molecule is Cc1cc(N)cc(C)c1OCc1cccc(Cl)c1Cl. The second kappa shape index (κ2) is 5.72. The Labute approximate surface area is 123 Å². The predicted molar refractivity (Wildman–Crippen MR) is 81.1 cm³/mol. The van der Waals surface area contributed by atoms with Crippen LogP contribution in [0.3, 0.4) is 0 Å². The molecule has 2 rings (SSSR count). The molecule has 0 aliphatic carbocycles. The van der Waals surface area contributed by atoms with Gasteiger partial charge in [-0.2, -0.15) is 0 Å². The van der Waals surface area contributed by atoms with Gasteiger partial charge in [0.2, 0.25) is 0 Å². The van der Waals surface area contributed by atoms with Gasteiger partial charge in [0.05, 0.1) is 10.0 Å². The molecular formula is C15H15Cl2NO. The van der Waals surface area contributed by atoms with Crippen LogP contribution in [0.2, 0.25) is 10.0 Å². The smallest absolute Gasteiger partial charge is 0.125 e. The van der Waals surface area contributed by atoms with Crippen molar-refractivity contribution in [2.45, 2.75) is 20.5 Å². The summed E-state index contributed by atoms with van der Waals surface area (Å²) in [5, 5.41) is 1.07. The first-order valence-electron chi connectivity index (χ1n) is 5.91. The molecule has 0 aliphatic heterocycles. The lowest BCUT2D eigenvalue weighted by atomic mass is 10.1. The molecule has 0 bridgehead atoms. The number of anilines is 1. The van der Waals surface area contributed by atoms with E-state index in [0.29, 0.717) is 16.7 Å². The fourth-order valence-corrected chi connectivity index (χ4v) is 2.40. The Bertz CT molecular complexity index is 588. The Morgan fingerprint density at radius 3 is 2.37 bits per heavy atom. The molecule has 0 radical (unpaired) electrons. The lowest BCUT2D eigenvalue weighted by Crippen LogP contribution is -2.01. The predicted octanol–water partition coefficient (Wildman–Crippen LogP) is 4.77. The summed E-state index contributed by atoms with van der Waals surface area (Å²) in [6.07, 6.45) is 0. The number of aryl methyl sites for hydroxylation is 2. The number of hydrogen-bond acceptors (Lipinski definition) is 2. The number of ether oxygens (including phenoxy) is 1. The third kappa shape index (κ3) is 3.14. The first kappa shape index (κ1) is 14.0. The standard InChI is InChI=1S/C15H15Cl2NO/c1-9-6-12(18)7-10(2)15(9)19-8-11-4-3-5-13(16)14(11)17/h3-7H,8,18H2,1-2H3. The highest BCUT2D eigenvalue weighted by atomic mass is 35.5. The van der Waals surface area contributed by atoms with Crippen molar-refractivity contribution in [2.75, 3.05) is 5.73 Å². The van der Waals surface area contributed by atoms with E-state index in [9.17, 15) is 0 Å². The molecule has 2 aromatic rings. The van der Waals surface area contributed by atoms with Crippen LogP contribution in [-0.4, -0.2) is 0 Å². The molecule has 0 fully saturated rings. The lowest BCUT2D eigenvalue weighted by molar-refractivity contribution is 0.302. The van der Waals surface area contributed by atoms with Crippen molar-refractivity contribution in [1.82, 2.24) is 0 Å². The van der Waals surface area contributed by atoms with Crippen molar-refractivity contribution in [2.24, 2.45) is 0 Å². The monoisotopic (exact) mass is 295 g/mol. The van der Waals surface area contributed by atoms with Gasteiger partial charge in [-0.15, -0.1) is 0 Å². The molecule has 0 aliphatic rings. The van der Waals surface area contributed by atoms with Crippen LogP contribution >= 0.6 is 23.2 Å². The van der Waals surface area contributed by atoms with E-state index in [1.54, 1.807) is 6.07 Å². The Morgan fingerprint density at radius 1 is 1.11 bits per heavy atom. The zero-order valence-corrected chi connectivity index (χ0v) is 12.3. The van der Waals surface area contributed by atoms with Gasteiger partial charge in [0.1, 0.15) is 12.4 Å². The minimum Gasteiger partial charge on any atom is -0.488 e. The number of benzene rings is 2. The molecule has 0 unspecified atom stereocenters. The van der Waals surface area contributed by atoms with Gasteiger partial charge in [0.15, 0.2) is 0 Å². The summed E-state index contributed by atoms with van der Waals surface area (Å²) < 4.78 is 5.85. The molecule has 2 nitrogen and oxygen atoms in total. The lowest BCUT2D eigenvalue weighted by Gasteiger charge is -2.14. The first-order valence-corrected chi connectivity index (χ1v) is 6.67. The van der Waals surface area contributed by atoms with Crippen LogP contribution in [0.4, 0.5) is 5.69 Å². The largest absolute Gasteiger partial charge is 0.488 e. The van der Waals surface area contributed by atoms with Crippen LogP contribution in [0.25, 0.3) is 0 Å². The number of halogens is 2. The van der Waals surface area contributed by atoms with Crippen LogP contribution in [0.1, 0.15) is 16.7 Å². The Hall–Kier alpha value is -1.38. The van der Waals surface area contributed by atoms with Gasteiger partial charge in [-0.3, -0.25) is 0 Å². The van der Waals surface area contributed by atoms with Crippen LogP contribution in [-0.2, 0) is 6.61 Å². The third-order valence-corrected chi connectivity index (χ3v) is 3.74. The Morgan fingerprint density at radius 2 is 1.74 bits per heavy atom. The normalized spacial score (nSPS) is 10.5. The van der Waals surface area contributed by atoms with Gasteiger partial charge in [-0.05, 0) is 43.2 Å². The molecule has 2 N–H and O–H groups in total. The van der Waals surface area contributed by atoms with E-state index in [4.69, 9.17) is 33.7 Å². The minimum atomic E-state index is 0.380. The zero-order valence-electron chi connectivity index (χ0n) is 10.8. The van der Waals surface area contributed by atoms with E-state index in [1.807, 2.05) is 38.1 Å². The van der Waals surface area contributed by atoms with E-state index in [0.717, 1.165) is 28.1 Å². The van der Waals surface area contributed by atoms with Crippen molar-refractivity contribution in [3.05, 3.63) is 57.1 Å². The molecule has 0 saturated carbocycles. The quantitative estimate of drug-likeness (QED) is 0.828. The maximum absolute atomic E-state index is 6.13. The van der Waals surface area contributed by atoms with Crippen LogP contribution in [0.15, 0.2) is 30.3 Å². The number of rotatable bonds is 3. The molecule has 0 atom stereocenters. The molecule has 2 aromatic carbocycles. The summed E-state index contributed by atoms with van der Waals surface area (Å²) in [5.41, 5.74) is 9.41. The molecule has 0 heterocycles. The molecule has 0 amide bonds. The summed E-state index contributed by atoms with van der Waals surface area (Å²) >= 11 is 12.1. The van der Waals surface area contributed by atoms with Crippen molar-refractivity contribution in [3.8, 4) is 5.75 Å². The van der Waals surface area contributed by atoms with Crippen molar-refractivity contribution < 1.29 is 4.74 Å². The Kier molecular flexibility index (Phi) is 4.23. The van der Waals surface area contributed by atoms with E-state index in [-0.39, 0.29) is 0 Å². The van der Waals surface area contributed by atoms with E-state index in [1.165, 1.54) is 0 Å². The summed E-state index contributed by atoms with van der Waals surface area (Å²) in [6.45, 7) is 4.32.